The molecule has 0 saturated heterocycles. The van der Waals surface area contributed by atoms with E-state index in [1.165, 1.54) is 6.08 Å². The fourth-order valence-corrected chi connectivity index (χ4v) is 1.62. The maximum Gasteiger partial charge on any atom is 0.150 e. The van der Waals surface area contributed by atoms with Crippen molar-refractivity contribution in [2.24, 2.45) is 5.84 Å². The predicted molar refractivity (Wildman–Crippen MR) is 76.5 cm³/mol. The van der Waals surface area contributed by atoms with Gasteiger partial charge in [0, 0.05) is 5.56 Å². The average molecular weight is 260 g/mol. The number of hydrazine groups is 1. The molecule has 1 aromatic rings. The van der Waals surface area contributed by atoms with Gasteiger partial charge >= 0.3 is 0 Å². The number of anilines is 1. The summed E-state index contributed by atoms with van der Waals surface area (Å²) in [6.45, 7) is 5.21. The Morgan fingerprint density at radius 2 is 2.21 bits per heavy atom. The molecule has 0 spiro atoms. The van der Waals surface area contributed by atoms with E-state index in [0.29, 0.717) is 12.0 Å². The molecule has 0 aliphatic heterocycles. The van der Waals surface area contributed by atoms with Crippen LogP contribution in [0.3, 0.4) is 0 Å². The van der Waals surface area contributed by atoms with E-state index in [4.69, 9.17) is 5.84 Å². The van der Waals surface area contributed by atoms with Crippen LogP contribution in [0.15, 0.2) is 54.4 Å². The molecule has 3 nitrogen and oxygen atoms in total. The number of carbonyl (C=O) groups excluding carboxylic acids is 1. The Morgan fingerprint density at radius 1 is 1.47 bits per heavy atom. The Kier molecular flexibility index (Phi) is 5.70. The lowest BCUT2D eigenvalue weighted by Gasteiger charge is -2.09. The number of nitrogens with one attached hydrogen (secondary N) is 1. The second-order valence-electron chi connectivity index (χ2n) is 4.12. The molecule has 1 rings (SSSR count). The molecule has 0 unspecified atom stereocenters. The van der Waals surface area contributed by atoms with Crippen LogP contribution in [0, 0.1) is 0 Å². The van der Waals surface area contributed by atoms with Crippen LogP contribution in [0.2, 0.25) is 0 Å². The highest BCUT2D eigenvalue weighted by Gasteiger charge is 2.03. The zero-order valence-corrected chi connectivity index (χ0v) is 10.8. The number of nitrogens with two attached hydrogens (primary N) is 1. The summed E-state index contributed by atoms with van der Waals surface area (Å²) in [5.74, 6) is 5.03. The fraction of sp³-hybridized carbons (Fsp3) is 0.133. The minimum Gasteiger partial charge on any atom is -0.324 e. The summed E-state index contributed by atoms with van der Waals surface area (Å²) in [5.41, 5.74) is 5.72. The first-order valence-electron chi connectivity index (χ1n) is 5.80. The highest BCUT2D eigenvalue weighted by molar-refractivity contribution is 5.77. The zero-order valence-electron chi connectivity index (χ0n) is 10.8. The Balaban J connectivity index is 2.97. The van der Waals surface area contributed by atoms with Crippen LogP contribution < -0.4 is 11.3 Å². The largest absolute Gasteiger partial charge is 0.324 e. The van der Waals surface area contributed by atoms with Gasteiger partial charge in [0.05, 0.1) is 5.69 Å². The van der Waals surface area contributed by atoms with Gasteiger partial charge in [-0.15, -0.1) is 0 Å². The number of halogens is 1. The second kappa shape index (κ2) is 7.28. The van der Waals surface area contributed by atoms with Crippen molar-refractivity contribution < 1.29 is 9.18 Å². The van der Waals surface area contributed by atoms with Gasteiger partial charge in [-0.25, -0.2) is 4.39 Å². The minimum absolute atomic E-state index is 0.391. The number of benzene rings is 1. The summed E-state index contributed by atoms with van der Waals surface area (Å²) in [6.07, 6.45) is 5.51. The highest BCUT2D eigenvalue weighted by atomic mass is 19.1. The van der Waals surface area contributed by atoms with Crippen molar-refractivity contribution in [1.29, 1.82) is 0 Å². The van der Waals surface area contributed by atoms with E-state index in [2.05, 4.69) is 12.0 Å². The zero-order chi connectivity index (χ0) is 14.3. The quantitative estimate of drug-likeness (QED) is 0.357. The molecular weight excluding hydrogens is 243 g/mol. The summed E-state index contributed by atoms with van der Waals surface area (Å²) < 4.78 is 12.9. The van der Waals surface area contributed by atoms with E-state index < -0.39 is 5.83 Å². The van der Waals surface area contributed by atoms with Crippen molar-refractivity contribution >= 4 is 12.0 Å². The second-order valence-corrected chi connectivity index (χ2v) is 4.12. The number of nitrogen functional groups attached to an aromatic ring is 1. The van der Waals surface area contributed by atoms with E-state index in [1.54, 1.807) is 24.3 Å². The summed E-state index contributed by atoms with van der Waals surface area (Å²) in [4.78, 5) is 10.8. The lowest BCUT2D eigenvalue weighted by atomic mass is 10.0. The van der Waals surface area contributed by atoms with E-state index in [9.17, 15) is 9.18 Å². The third-order valence-corrected chi connectivity index (χ3v) is 2.61. The number of aldehydes is 1. The minimum atomic E-state index is -0.391. The van der Waals surface area contributed by atoms with Gasteiger partial charge in [0.15, 0.2) is 0 Å². The maximum atomic E-state index is 12.9. The molecule has 0 aliphatic rings. The number of allylic oxidation sites excluding steroid dienone is 5. The van der Waals surface area contributed by atoms with Crippen LogP contribution in [0.1, 0.15) is 22.8 Å². The Bertz CT molecular complexity index is 533. The smallest absolute Gasteiger partial charge is 0.150 e. The highest BCUT2D eigenvalue weighted by Crippen LogP contribution is 2.19. The van der Waals surface area contributed by atoms with Crippen molar-refractivity contribution in [3.63, 3.8) is 0 Å². The molecule has 0 amide bonds. The van der Waals surface area contributed by atoms with Gasteiger partial charge in [-0.1, -0.05) is 18.2 Å². The molecular formula is C15H17FN2O. The standard InChI is InChI=1S/C15H17FN2O/c1-3-14(16)6-4-11(2)8-13-9-12(10-19)5-7-15(13)18-17/h3-7,9-10,18H,1,8,17H2,2H3/b11-4+,14-6+. The van der Waals surface area contributed by atoms with Crippen molar-refractivity contribution in [3.05, 3.63) is 65.5 Å². The molecule has 0 aliphatic carbocycles. The molecule has 0 fully saturated rings. The van der Waals surface area contributed by atoms with Gasteiger partial charge in [0.1, 0.15) is 12.1 Å². The predicted octanol–water partition coefficient (Wildman–Crippen LogP) is 3.31. The molecule has 0 radical (unpaired) electrons. The van der Waals surface area contributed by atoms with Gasteiger partial charge in [-0.2, -0.15) is 0 Å². The Morgan fingerprint density at radius 3 is 2.79 bits per heavy atom. The number of rotatable bonds is 6. The topological polar surface area (TPSA) is 55.1 Å². The third kappa shape index (κ3) is 4.52. The molecule has 19 heavy (non-hydrogen) atoms. The van der Waals surface area contributed by atoms with E-state index in [1.807, 2.05) is 6.92 Å². The monoisotopic (exact) mass is 260 g/mol. The number of carbonyl (C=O) groups is 1. The SMILES string of the molecule is C=C/C(F)=C\C=C(/C)Cc1cc(C=O)ccc1NN. The molecule has 0 atom stereocenters. The summed E-state index contributed by atoms with van der Waals surface area (Å²) >= 11 is 0. The van der Waals surface area contributed by atoms with Crippen molar-refractivity contribution in [2.45, 2.75) is 13.3 Å². The van der Waals surface area contributed by atoms with Gasteiger partial charge in [-0.05, 0) is 49.3 Å². The molecule has 0 aromatic heterocycles. The third-order valence-electron chi connectivity index (χ3n) is 2.61. The van der Waals surface area contributed by atoms with Crippen LogP contribution in [-0.2, 0) is 6.42 Å². The molecule has 1 aromatic carbocycles. The molecule has 0 heterocycles. The lowest BCUT2D eigenvalue weighted by Crippen LogP contribution is -2.09. The van der Waals surface area contributed by atoms with Crippen LogP contribution in [0.4, 0.5) is 10.1 Å². The molecule has 100 valence electrons. The summed E-state index contributed by atoms with van der Waals surface area (Å²) in [7, 11) is 0. The summed E-state index contributed by atoms with van der Waals surface area (Å²) in [6, 6.07) is 5.18. The molecule has 4 heteroatoms. The van der Waals surface area contributed by atoms with Crippen molar-refractivity contribution in [3.8, 4) is 0 Å². The van der Waals surface area contributed by atoms with Crippen LogP contribution in [-0.4, -0.2) is 6.29 Å². The van der Waals surface area contributed by atoms with E-state index in [-0.39, 0.29) is 0 Å². The van der Waals surface area contributed by atoms with Crippen LogP contribution >= 0.6 is 0 Å². The maximum absolute atomic E-state index is 12.9. The normalized spacial score (nSPS) is 12.2. The number of hydrogen-bond donors (Lipinski definition) is 2. The van der Waals surface area contributed by atoms with Gasteiger partial charge in [-0.3, -0.25) is 10.6 Å². The first-order valence-corrected chi connectivity index (χ1v) is 5.80. The molecule has 0 bridgehead atoms. The van der Waals surface area contributed by atoms with E-state index in [0.717, 1.165) is 29.2 Å². The fourth-order valence-electron chi connectivity index (χ4n) is 1.62. The first-order chi connectivity index (χ1) is 9.10. The van der Waals surface area contributed by atoms with Gasteiger partial charge < -0.3 is 5.43 Å². The Labute approximate surface area is 112 Å². The van der Waals surface area contributed by atoms with Crippen LogP contribution in [0.25, 0.3) is 0 Å². The Hall–Kier alpha value is -2.20. The van der Waals surface area contributed by atoms with Crippen molar-refractivity contribution in [1.82, 2.24) is 0 Å². The summed E-state index contributed by atoms with van der Waals surface area (Å²) in [5, 5.41) is 0. The van der Waals surface area contributed by atoms with Gasteiger partial charge in [0.2, 0.25) is 0 Å². The van der Waals surface area contributed by atoms with E-state index >= 15 is 0 Å². The van der Waals surface area contributed by atoms with Gasteiger partial charge in [0.25, 0.3) is 0 Å². The van der Waals surface area contributed by atoms with Crippen LogP contribution in [0.5, 0.6) is 0 Å². The molecule has 0 saturated carbocycles. The lowest BCUT2D eigenvalue weighted by molar-refractivity contribution is 0.112. The molecule has 3 N–H and O–H groups in total. The number of hydrogen-bond acceptors (Lipinski definition) is 3. The first kappa shape index (κ1) is 14.9. The van der Waals surface area contributed by atoms with Crippen molar-refractivity contribution in [2.75, 3.05) is 5.43 Å². The average Bonchev–Trinajstić information content (AvgIpc) is 2.44.